The second-order valence-corrected chi connectivity index (χ2v) is 5.21. The van der Waals surface area contributed by atoms with E-state index in [1.165, 1.54) is 0 Å². The van der Waals surface area contributed by atoms with Gasteiger partial charge in [-0.25, -0.2) is 4.79 Å². The van der Waals surface area contributed by atoms with E-state index in [-0.39, 0.29) is 6.03 Å². The minimum atomic E-state index is -0.353. The van der Waals surface area contributed by atoms with Gasteiger partial charge in [0.1, 0.15) is 16.9 Å². The van der Waals surface area contributed by atoms with Crippen LogP contribution >= 0.6 is 11.7 Å². The third-order valence-corrected chi connectivity index (χ3v) is 3.75. The molecule has 0 radical (unpaired) electrons. The van der Waals surface area contributed by atoms with Crippen molar-refractivity contribution in [2.45, 2.75) is 19.9 Å². The van der Waals surface area contributed by atoms with Crippen LogP contribution < -0.4 is 10.6 Å². The number of anilines is 1. The summed E-state index contributed by atoms with van der Waals surface area (Å²) < 4.78 is 10.1. The summed E-state index contributed by atoms with van der Waals surface area (Å²) in [5.41, 5.74) is 2.57. The molecule has 0 bridgehead atoms. The van der Waals surface area contributed by atoms with Crippen molar-refractivity contribution in [3.63, 3.8) is 0 Å². The Bertz CT molecular complexity index is 810. The molecule has 0 atom stereocenters. The molecule has 2 amide bonds. The number of carbonyl (C=O) groups is 1. The fourth-order valence-electron chi connectivity index (χ4n) is 2.10. The predicted octanol–water partition coefficient (Wildman–Crippen LogP) is 1.70. The van der Waals surface area contributed by atoms with Crippen LogP contribution in [-0.4, -0.2) is 29.5 Å². The fourth-order valence-corrected chi connectivity index (χ4v) is 2.67. The molecule has 9 heteroatoms. The Hall–Kier alpha value is -2.55. The third kappa shape index (κ3) is 2.89. The van der Waals surface area contributed by atoms with E-state index in [9.17, 15) is 4.79 Å². The summed E-state index contributed by atoms with van der Waals surface area (Å²) in [7, 11) is 1.80. The molecule has 2 heterocycles. The zero-order valence-electron chi connectivity index (χ0n) is 12.2. The summed E-state index contributed by atoms with van der Waals surface area (Å²) in [4.78, 5) is 16.1. The zero-order valence-corrected chi connectivity index (χ0v) is 13.0. The second kappa shape index (κ2) is 6.06. The number of fused-ring (bicyclic) bond motifs is 1. The normalized spacial score (nSPS) is 10.8. The monoisotopic (exact) mass is 317 g/mol. The molecule has 0 saturated heterocycles. The maximum absolute atomic E-state index is 11.9. The quantitative estimate of drug-likeness (QED) is 0.763. The van der Waals surface area contributed by atoms with Crippen molar-refractivity contribution in [1.29, 1.82) is 0 Å². The maximum atomic E-state index is 11.9. The Kier molecular flexibility index (Phi) is 3.96. The Morgan fingerprint density at radius 1 is 1.36 bits per heavy atom. The number of urea groups is 1. The zero-order chi connectivity index (χ0) is 15.5. The van der Waals surface area contributed by atoms with E-state index < -0.39 is 0 Å². The fraction of sp³-hybridized carbons (Fsp3) is 0.308. The third-order valence-electron chi connectivity index (χ3n) is 3.20. The lowest BCUT2D eigenvalue weighted by molar-refractivity contribution is 0.251. The average molecular weight is 317 g/mol. The van der Waals surface area contributed by atoms with Gasteiger partial charge in [-0.05, 0) is 6.07 Å². The Balaban J connectivity index is 1.63. The van der Waals surface area contributed by atoms with E-state index in [4.69, 9.17) is 0 Å². The number of aromatic nitrogens is 5. The lowest BCUT2D eigenvalue weighted by Crippen LogP contribution is -2.28. The molecule has 0 unspecified atom stereocenters. The first-order chi connectivity index (χ1) is 10.7. The first-order valence-electron chi connectivity index (χ1n) is 6.82. The Morgan fingerprint density at radius 3 is 3.00 bits per heavy atom. The van der Waals surface area contributed by atoms with Gasteiger partial charge in [-0.1, -0.05) is 19.1 Å². The number of amides is 2. The molecule has 2 N–H and O–H groups in total. The molecule has 114 valence electrons. The molecule has 0 aliphatic heterocycles. The van der Waals surface area contributed by atoms with Gasteiger partial charge in [-0.15, -0.1) is 5.10 Å². The highest BCUT2D eigenvalue weighted by Gasteiger charge is 2.10. The van der Waals surface area contributed by atoms with Crippen LogP contribution in [0.2, 0.25) is 0 Å². The summed E-state index contributed by atoms with van der Waals surface area (Å²) in [6.07, 6.45) is 0.756. The molecule has 22 heavy (non-hydrogen) atoms. The molecule has 8 nitrogen and oxygen atoms in total. The summed E-state index contributed by atoms with van der Waals surface area (Å²) in [6, 6.07) is 5.35. The Morgan fingerprint density at radius 2 is 2.23 bits per heavy atom. The minimum Gasteiger partial charge on any atom is -0.334 e. The smallest absolute Gasteiger partial charge is 0.321 e. The van der Waals surface area contributed by atoms with Crippen molar-refractivity contribution in [2.75, 3.05) is 5.32 Å². The number of hydrogen-bond donors (Lipinski definition) is 2. The predicted molar refractivity (Wildman–Crippen MR) is 83.7 cm³/mol. The van der Waals surface area contributed by atoms with Crippen molar-refractivity contribution < 1.29 is 4.79 Å². The first kappa shape index (κ1) is 14.4. The molecule has 0 saturated carbocycles. The van der Waals surface area contributed by atoms with Gasteiger partial charge in [0, 0.05) is 25.6 Å². The number of aryl methyl sites for hydroxylation is 2. The van der Waals surface area contributed by atoms with Gasteiger partial charge >= 0.3 is 6.03 Å². The van der Waals surface area contributed by atoms with Crippen LogP contribution in [0.15, 0.2) is 18.2 Å². The largest absolute Gasteiger partial charge is 0.334 e. The Labute approximate surface area is 130 Å². The van der Waals surface area contributed by atoms with Gasteiger partial charge in [0.15, 0.2) is 0 Å². The number of benzene rings is 1. The van der Waals surface area contributed by atoms with Crippen LogP contribution in [0.5, 0.6) is 0 Å². The highest BCUT2D eigenvalue weighted by atomic mass is 32.1. The molecular formula is C13H15N7OS. The van der Waals surface area contributed by atoms with Crippen LogP contribution in [0.3, 0.4) is 0 Å². The maximum Gasteiger partial charge on any atom is 0.321 e. The van der Waals surface area contributed by atoms with Crippen LogP contribution in [0.4, 0.5) is 10.7 Å². The number of rotatable bonds is 4. The lowest BCUT2D eigenvalue weighted by Gasteiger charge is -2.05. The van der Waals surface area contributed by atoms with Crippen molar-refractivity contribution in [3.05, 3.63) is 29.6 Å². The molecular weight excluding hydrogens is 302 g/mol. The van der Waals surface area contributed by atoms with E-state index in [0.717, 1.165) is 40.6 Å². The molecule has 2 aromatic heterocycles. The van der Waals surface area contributed by atoms with Gasteiger partial charge in [0.25, 0.3) is 0 Å². The molecule has 1 aromatic carbocycles. The average Bonchev–Trinajstić information content (AvgIpc) is 3.11. The second-order valence-electron chi connectivity index (χ2n) is 4.69. The topological polar surface area (TPSA) is 97.6 Å². The van der Waals surface area contributed by atoms with Gasteiger partial charge in [0.05, 0.1) is 11.7 Å². The van der Waals surface area contributed by atoms with Gasteiger partial charge < -0.3 is 5.32 Å². The summed E-state index contributed by atoms with van der Waals surface area (Å²) in [5, 5.41) is 9.53. The van der Waals surface area contributed by atoms with Crippen molar-refractivity contribution in [2.24, 2.45) is 7.05 Å². The number of nitrogens with one attached hydrogen (secondary N) is 2. The first-order valence-corrected chi connectivity index (χ1v) is 7.55. The van der Waals surface area contributed by atoms with Crippen LogP contribution in [-0.2, 0) is 20.0 Å². The number of carbonyl (C=O) groups excluding carboxylic acids is 1. The van der Waals surface area contributed by atoms with Gasteiger partial charge in [-0.2, -0.15) is 13.7 Å². The van der Waals surface area contributed by atoms with E-state index in [2.05, 4.69) is 29.5 Å². The van der Waals surface area contributed by atoms with Crippen molar-refractivity contribution >= 4 is 34.7 Å². The number of hydrogen-bond acceptors (Lipinski definition) is 6. The minimum absolute atomic E-state index is 0.297. The van der Waals surface area contributed by atoms with E-state index >= 15 is 0 Å². The van der Waals surface area contributed by atoms with Crippen LogP contribution in [0.25, 0.3) is 11.0 Å². The SMILES string of the molecule is CCc1nc(NC(=O)NCc2cccc3nsnc23)nn1C. The lowest BCUT2D eigenvalue weighted by atomic mass is 10.2. The summed E-state index contributed by atoms with van der Waals surface area (Å²) in [5.74, 6) is 1.11. The molecule has 3 rings (SSSR count). The van der Waals surface area contributed by atoms with Crippen molar-refractivity contribution in [3.8, 4) is 0 Å². The summed E-state index contributed by atoms with van der Waals surface area (Å²) >= 11 is 1.16. The highest BCUT2D eigenvalue weighted by molar-refractivity contribution is 7.00. The molecule has 0 spiro atoms. The molecule has 0 aliphatic rings. The van der Waals surface area contributed by atoms with Gasteiger partial charge in [-0.3, -0.25) is 10.00 Å². The van der Waals surface area contributed by atoms with Crippen molar-refractivity contribution in [1.82, 2.24) is 28.8 Å². The standard InChI is InChI=1S/C13H15N7OS/c1-3-10-15-12(17-20(10)2)16-13(21)14-7-8-5-4-6-9-11(8)19-22-18-9/h4-6H,3,7H2,1-2H3,(H2,14,16,17,21). The summed E-state index contributed by atoms with van der Waals surface area (Å²) in [6.45, 7) is 2.35. The van der Waals surface area contributed by atoms with Crippen LogP contribution in [0, 0.1) is 0 Å². The van der Waals surface area contributed by atoms with Gasteiger partial charge in [0.2, 0.25) is 5.95 Å². The van der Waals surface area contributed by atoms with E-state index in [1.54, 1.807) is 11.7 Å². The number of nitrogens with zero attached hydrogens (tertiary/aromatic N) is 5. The molecule has 0 aliphatic carbocycles. The van der Waals surface area contributed by atoms with Crippen LogP contribution in [0.1, 0.15) is 18.3 Å². The highest BCUT2D eigenvalue weighted by Crippen LogP contribution is 2.16. The molecule has 3 aromatic rings. The van der Waals surface area contributed by atoms with E-state index in [1.807, 2.05) is 25.1 Å². The molecule has 0 fully saturated rings. The van der Waals surface area contributed by atoms with E-state index in [0.29, 0.717) is 12.5 Å².